The van der Waals surface area contributed by atoms with Gasteiger partial charge in [0.15, 0.2) is 0 Å². The van der Waals surface area contributed by atoms with Gasteiger partial charge in [-0.1, -0.05) is 0 Å². The maximum Gasteiger partial charge on any atom is 0.244 e. The molecule has 0 spiro atoms. The van der Waals surface area contributed by atoms with Crippen molar-refractivity contribution in [2.24, 2.45) is 0 Å². The Morgan fingerprint density at radius 1 is 1.19 bits per heavy atom. The molecule has 1 heterocycles. The van der Waals surface area contributed by atoms with E-state index < -0.39 is 10.0 Å². The second-order valence-corrected chi connectivity index (χ2v) is 7.45. The van der Waals surface area contributed by atoms with Gasteiger partial charge in [0.25, 0.3) is 0 Å². The molecule has 2 aromatic rings. The van der Waals surface area contributed by atoms with Crippen LogP contribution in [0.1, 0.15) is 6.42 Å². The van der Waals surface area contributed by atoms with Gasteiger partial charge in [-0.25, -0.2) is 12.7 Å². The summed E-state index contributed by atoms with van der Waals surface area (Å²) >= 11 is 0. The summed E-state index contributed by atoms with van der Waals surface area (Å²) < 4.78 is 26.7. The van der Waals surface area contributed by atoms with Crippen LogP contribution in [-0.2, 0) is 10.0 Å². The van der Waals surface area contributed by atoms with Crippen LogP contribution in [-0.4, -0.2) is 56.8 Å². The van der Waals surface area contributed by atoms with E-state index in [1.165, 1.54) is 10.5 Å². The minimum Gasteiger partial charge on any atom is -0.399 e. The molecule has 0 radical (unpaired) electrons. The maximum atomic E-state index is 12.6. The van der Waals surface area contributed by atoms with Crippen LogP contribution in [0.2, 0.25) is 0 Å². The zero-order chi connectivity index (χ0) is 15.6. The Morgan fingerprint density at radius 2 is 1.90 bits per heavy atom. The highest BCUT2D eigenvalue weighted by molar-refractivity contribution is 7.89. The van der Waals surface area contributed by atoms with E-state index in [2.05, 4.69) is 4.98 Å². The third-order valence-corrected chi connectivity index (χ3v) is 5.33. The number of aromatic amines is 1. The van der Waals surface area contributed by atoms with Crippen molar-refractivity contribution in [3.8, 4) is 0 Å². The van der Waals surface area contributed by atoms with Crippen molar-refractivity contribution in [1.29, 1.82) is 0 Å². The summed E-state index contributed by atoms with van der Waals surface area (Å²) in [5.41, 5.74) is 7.05. The summed E-state index contributed by atoms with van der Waals surface area (Å²) in [7, 11) is 2.06. The molecule has 116 valence electrons. The molecule has 0 saturated carbocycles. The van der Waals surface area contributed by atoms with Gasteiger partial charge in [-0.05, 0) is 45.3 Å². The third kappa shape index (κ3) is 3.37. The van der Waals surface area contributed by atoms with Crippen LogP contribution >= 0.6 is 0 Å². The normalized spacial score (nSPS) is 12.6. The van der Waals surface area contributed by atoms with E-state index in [1.807, 2.05) is 19.0 Å². The Kier molecular flexibility index (Phi) is 4.55. The smallest absolute Gasteiger partial charge is 0.244 e. The highest BCUT2D eigenvalue weighted by atomic mass is 32.2. The van der Waals surface area contributed by atoms with Crippen LogP contribution in [0.25, 0.3) is 10.9 Å². The first-order chi connectivity index (χ1) is 9.82. The minimum atomic E-state index is -3.49. The van der Waals surface area contributed by atoms with Gasteiger partial charge in [0.05, 0.1) is 0 Å². The number of hydrogen-bond donors (Lipinski definition) is 2. The lowest BCUT2D eigenvalue weighted by molar-refractivity contribution is 0.370. The van der Waals surface area contributed by atoms with E-state index in [9.17, 15) is 8.42 Å². The van der Waals surface area contributed by atoms with E-state index in [0.29, 0.717) is 22.5 Å². The molecule has 3 N–H and O–H groups in total. The van der Waals surface area contributed by atoms with Gasteiger partial charge >= 0.3 is 0 Å². The number of nitrogens with two attached hydrogens (primary N) is 1. The predicted molar refractivity (Wildman–Crippen MR) is 85.7 cm³/mol. The molecule has 0 aliphatic heterocycles. The topological polar surface area (TPSA) is 82.4 Å². The number of H-pyrrole nitrogens is 1. The number of hydrogen-bond acceptors (Lipinski definition) is 4. The van der Waals surface area contributed by atoms with Gasteiger partial charge in [0, 0.05) is 36.4 Å². The van der Waals surface area contributed by atoms with Crippen molar-refractivity contribution < 1.29 is 8.42 Å². The third-order valence-electron chi connectivity index (χ3n) is 3.43. The SMILES string of the molecule is CN(C)CCCN(C)S(=O)(=O)c1c[nH]c2cc(N)ccc12. The van der Waals surface area contributed by atoms with Gasteiger partial charge in [0.1, 0.15) is 4.90 Å². The molecule has 0 bridgehead atoms. The first-order valence-electron chi connectivity index (χ1n) is 6.80. The number of nitrogens with one attached hydrogen (secondary N) is 1. The van der Waals surface area contributed by atoms with Crippen LogP contribution in [0.4, 0.5) is 5.69 Å². The summed E-state index contributed by atoms with van der Waals surface area (Å²) in [5.74, 6) is 0. The van der Waals surface area contributed by atoms with Crippen molar-refractivity contribution in [1.82, 2.24) is 14.2 Å². The predicted octanol–water partition coefficient (Wildman–Crippen LogP) is 1.32. The summed E-state index contributed by atoms with van der Waals surface area (Å²) in [6, 6.07) is 5.18. The van der Waals surface area contributed by atoms with Gasteiger partial charge in [-0.2, -0.15) is 0 Å². The quantitative estimate of drug-likeness (QED) is 0.788. The fraction of sp³-hybridized carbons (Fsp3) is 0.429. The molecule has 0 fully saturated rings. The lowest BCUT2D eigenvalue weighted by Crippen LogP contribution is -2.29. The zero-order valence-corrected chi connectivity index (χ0v) is 13.4. The molecular weight excluding hydrogens is 288 g/mol. The zero-order valence-electron chi connectivity index (χ0n) is 12.6. The van der Waals surface area contributed by atoms with Crippen LogP contribution in [0.15, 0.2) is 29.3 Å². The first-order valence-corrected chi connectivity index (χ1v) is 8.24. The van der Waals surface area contributed by atoms with Crippen LogP contribution in [0.5, 0.6) is 0 Å². The van der Waals surface area contributed by atoms with E-state index in [1.54, 1.807) is 25.2 Å². The van der Waals surface area contributed by atoms with Crippen LogP contribution in [0, 0.1) is 0 Å². The molecular formula is C14H22N4O2S. The molecule has 0 unspecified atom stereocenters. The van der Waals surface area contributed by atoms with Gasteiger partial charge in [0.2, 0.25) is 10.0 Å². The molecule has 0 amide bonds. The summed E-state index contributed by atoms with van der Waals surface area (Å²) in [5, 5.41) is 0.670. The van der Waals surface area contributed by atoms with E-state index in [0.717, 1.165) is 18.5 Å². The number of aromatic nitrogens is 1. The van der Waals surface area contributed by atoms with Crippen molar-refractivity contribution in [3.05, 3.63) is 24.4 Å². The Labute approximate surface area is 125 Å². The van der Waals surface area contributed by atoms with Crippen molar-refractivity contribution >= 4 is 26.6 Å². The molecule has 21 heavy (non-hydrogen) atoms. The molecule has 1 aromatic carbocycles. The monoisotopic (exact) mass is 310 g/mol. The molecule has 0 saturated heterocycles. The Bertz CT molecular complexity index is 722. The number of fused-ring (bicyclic) bond motifs is 1. The molecule has 0 atom stereocenters. The number of anilines is 1. The Morgan fingerprint density at radius 3 is 2.57 bits per heavy atom. The Balaban J connectivity index is 2.25. The number of sulfonamides is 1. The number of nitrogen functional groups attached to an aromatic ring is 1. The first kappa shape index (κ1) is 15.8. The average Bonchev–Trinajstić information content (AvgIpc) is 2.81. The van der Waals surface area contributed by atoms with Crippen molar-refractivity contribution in [2.45, 2.75) is 11.3 Å². The number of nitrogens with zero attached hydrogens (tertiary/aromatic N) is 2. The molecule has 0 aliphatic carbocycles. The fourth-order valence-electron chi connectivity index (χ4n) is 2.23. The van der Waals surface area contributed by atoms with Crippen molar-refractivity contribution in [3.63, 3.8) is 0 Å². The largest absolute Gasteiger partial charge is 0.399 e. The molecule has 7 heteroatoms. The maximum absolute atomic E-state index is 12.6. The van der Waals surface area contributed by atoms with E-state index in [4.69, 9.17) is 5.73 Å². The number of benzene rings is 1. The van der Waals surface area contributed by atoms with Gasteiger partial charge in [-0.3, -0.25) is 0 Å². The van der Waals surface area contributed by atoms with E-state index in [-0.39, 0.29) is 0 Å². The van der Waals surface area contributed by atoms with E-state index >= 15 is 0 Å². The fourth-order valence-corrected chi connectivity index (χ4v) is 3.60. The highest BCUT2D eigenvalue weighted by Crippen LogP contribution is 2.26. The lowest BCUT2D eigenvalue weighted by atomic mass is 10.2. The molecule has 0 aliphatic rings. The Hall–Kier alpha value is -1.57. The lowest BCUT2D eigenvalue weighted by Gasteiger charge is -2.18. The number of rotatable bonds is 6. The van der Waals surface area contributed by atoms with Crippen LogP contribution in [0.3, 0.4) is 0 Å². The second kappa shape index (κ2) is 6.05. The summed E-state index contributed by atoms with van der Waals surface area (Å²) in [6.07, 6.45) is 2.32. The molecule has 6 nitrogen and oxygen atoms in total. The molecule has 1 aromatic heterocycles. The van der Waals surface area contributed by atoms with Crippen LogP contribution < -0.4 is 5.73 Å². The highest BCUT2D eigenvalue weighted by Gasteiger charge is 2.23. The standard InChI is InChI=1S/C14H22N4O2S/c1-17(2)7-4-8-18(3)21(19,20)14-10-16-13-9-11(15)5-6-12(13)14/h5-6,9-10,16H,4,7-8,15H2,1-3H3. The molecule has 2 rings (SSSR count). The van der Waals surface area contributed by atoms with Gasteiger partial charge < -0.3 is 15.6 Å². The minimum absolute atomic E-state index is 0.296. The van der Waals surface area contributed by atoms with Crippen molar-refractivity contribution in [2.75, 3.05) is 40.0 Å². The average molecular weight is 310 g/mol. The summed E-state index contributed by atoms with van der Waals surface area (Å²) in [6.45, 7) is 1.34. The second-order valence-electron chi connectivity index (χ2n) is 5.44. The summed E-state index contributed by atoms with van der Waals surface area (Å²) in [4.78, 5) is 5.30. The van der Waals surface area contributed by atoms with Gasteiger partial charge in [-0.15, -0.1) is 0 Å².